The molecular weight excluding hydrogens is 382 g/mol. The first-order chi connectivity index (χ1) is 13.5. The van der Waals surface area contributed by atoms with Crippen LogP contribution in [-0.2, 0) is 19.1 Å². The van der Waals surface area contributed by atoms with Crippen LogP contribution in [-0.4, -0.2) is 37.0 Å². The van der Waals surface area contributed by atoms with E-state index >= 15 is 0 Å². The number of esters is 1. The highest BCUT2D eigenvalue weighted by atomic mass is 32.1. The number of carbonyl (C=O) groups excluding carboxylic acids is 3. The summed E-state index contributed by atoms with van der Waals surface area (Å²) in [6, 6.07) is 10.6. The number of hydrogen-bond donors (Lipinski definition) is 1. The summed E-state index contributed by atoms with van der Waals surface area (Å²) in [6.07, 6.45) is -0.709. The molecule has 1 unspecified atom stereocenters. The summed E-state index contributed by atoms with van der Waals surface area (Å²) >= 11 is 1.21. The number of fused-ring (bicyclic) bond motifs is 1. The maximum Gasteiger partial charge on any atom is 0.308 e. The second-order valence-corrected chi connectivity index (χ2v) is 6.87. The highest BCUT2D eigenvalue weighted by molar-refractivity contribution is 7.14. The molecule has 1 N–H and O–H groups in total. The molecule has 1 atom stereocenters. The molecule has 0 bridgehead atoms. The molecule has 1 aromatic carbocycles. The van der Waals surface area contributed by atoms with Gasteiger partial charge >= 0.3 is 5.97 Å². The summed E-state index contributed by atoms with van der Waals surface area (Å²) in [6.45, 7) is 1.30. The average Bonchev–Trinajstić information content (AvgIpc) is 3.13. The summed E-state index contributed by atoms with van der Waals surface area (Å²) in [5.41, 5.74) is 0.946. The van der Waals surface area contributed by atoms with Gasteiger partial charge in [0.25, 0.3) is 11.8 Å². The zero-order chi connectivity index (χ0) is 20.1. The van der Waals surface area contributed by atoms with Crippen molar-refractivity contribution in [3.05, 3.63) is 41.3 Å². The third-order valence-corrected chi connectivity index (χ3v) is 4.85. The predicted octanol–water partition coefficient (Wildman–Crippen LogP) is 2.31. The average molecular weight is 399 g/mol. The minimum atomic E-state index is -0.642. The van der Waals surface area contributed by atoms with Gasteiger partial charge in [0.15, 0.2) is 12.7 Å². The van der Waals surface area contributed by atoms with E-state index in [2.05, 4.69) is 5.32 Å². The van der Waals surface area contributed by atoms with Gasteiger partial charge in [-0.2, -0.15) is 5.26 Å². The molecule has 0 spiro atoms. The van der Waals surface area contributed by atoms with E-state index in [4.69, 9.17) is 14.7 Å². The highest BCUT2D eigenvalue weighted by Gasteiger charge is 2.31. The highest BCUT2D eigenvalue weighted by Crippen LogP contribution is 2.33. The van der Waals surface area contributed by atoms with Crippen molar-refractivity contribution in [2.45, 2.75) is 19.4 Å². The van der Waals surface area contributed by atoms with Gasteiger partial charge in [0.05, 0.1) is 17.7 Å². The minimum absolute atomic E-state index is 0.0669. The monoisotopic (exact) mass is 399 g/mol. The summed E-state index contributed by atoms with van der Waals surface area (Å²) in [5, 5.41) is 13.5. The van der Waals surface area contributed by atoms with Crippen molar-refractivity contribution >= 4 is 39.8 Å². The van der Waals surface area contributed by atoms with E-state index < -0.39 is 24.6 Å². The third kappa shape index (κ3) is 4.29. The predicted molar refractivity (Wildman–Crippen MR) is 102 cm³/mol. The Labute approximate surface area is 165 Å². The zero-order valence-corrected chi connectivity index (χ0v) is 15.8. The van der Waals surface area contributed by atoms with Gasteiger partial charge in [-0.3, -0.25) is 14.4 Å². The number of nitriles is 1. The molecule has 0 radical (unpaired) electrons. The standard InChI is InChI=1S/C19H17N3O5S/c1-12-19(25)22(14-4-2-3-5-15(14)27-12)8-6-17(24)26-11-16(23)21-18-13(10-20)7-9-28-18/h2-5,7,9,12H,6,8,11H2,1H3,(H,21,23). The Kier molecular flexibility index (Phi) is 5.91. The normalized spacial score (nSPS) is 15.2. The molecule has 28 heavy (non-hydrogen) atoms. The van der Waals surface area contributed by atoms with Crippen molar-refractivity contribution in [3.8, 4) is 11.8 Å². The number of ether oxygens (including phenoxy) is 2. The molecule has 0 saturated carbocycles. The van der Waals surface area contributed by atoms with E-state index in [0.717, 1.165) is 0 Å². The largest absolute Gasteiger partial charge is 0.479 e. The molecule has 144 valence electrons. The quantitative estimate of drug-likeness (QED) is 0.747. The number of para-hydroxylation sites is 2. The molecule has 8 nitrogen and oxygen atoms in total. The number of thiophene rings is 1. The number of hydrogen-bond acceptors (Lipinski definition) is 7. The van der Waals surface area contributed by atoms with Crippen LogP contribution in [0.25, 0.3) is 0 Å². The maximum absolute atomic E-state index is 12.4. The molecule has 3 rings (SSSR count). The van der Waals surface area contributed by atoms with Gasteiger partial charge in [0.2, 0.25) is 0 Å². The first-order valence-corrected chi connectivity index (χ1v) is 9.37. The minimum Gasteiger partial charge on any atom is -0.479 e. The van der Waals surface area contributed by atoms with Crippen molar-refractivity contribution in [2.24, 2.45) is 0 Å². The van der Waals surface area contributed by atoms with Crippen molar-refractivity contribution in [2.75, 3.05) is 23.4 Å². The number of amides is 2. The second-order valence-electron chi connectivity index (χ2n) is 5.95. The maximum atomic E-state index is 12.4. The van der Waals surface area contributed by atoms with Gasteiger partial charge in [0, 0.05) is 6.54 Å². The fourth-order valence-electron chi connectivity index (χ4n) is 2.67. The van der Waals surface area contributed by atoms with Crippen LogP contribution in [0.2, 0.25) is 0 Å². The summed E-state index contributed by atoms with van der Waals surface area (Å²) in [5.74, 6) is -0.808. The molecule has 9 heteroatoms. The number of nitrogens with zero attached hydrogens (tertiary/aromatic N) is 2. The molecule has 1 aliphatic heterocycles. The first kappa shape index (κ1) is 19.4. The Morgan fingerprint density at radius 3 is 2.93 bits per heavy atom. The summed E-state index contributed by atoms with van der Waals surface area (Å²) in [4.78, 5) is 37.7. The van der Waals surface area contributed by atoms with Gasteiger partial charge in [0.1, 0.15) is 16.8 Å². The Hall–Kier alpha value is -3.38. The molecule has 2 aromatic rings. The van der Waals surface area contributed by atoms with E-state index in [1.165, 1.54) is 16.2 Å². The molecule has 0 fully saturated rings. The van der Waals surface area contributed by atoms with E-state index in [1.54, 1.807) is 42.6 Å². The molecule has 0 saturated heterocycles. The van der Waals surface area contributed by atoms with Crippen LogP contribution in [0.5, 0.6) is 5.75 Å². The number of carbonyl (C=O) groups is 3. The van der Waals surface area contributed by atoms with Crippen LogP contribution in [0, 0.1) is 11.3 Å². The van der Waals surface area contributed by atoms with Crippen LogP contribution in [0.3, 0.4) is 0 Å². The van der Waals surface area contributed by atoms with Crippen LogP contribution >= 0.6 is 11.3 Å². The molecule has 2 amide bonds. The molecule has 2 heterocycles. The van der Waals surface area contributed by atoms with Gasteiger partial charge in [-0.15, -0.1) is 11.3 Å². The molecule has 1 aromatic heterocycles. The van der Waals surface area contributed by atoms with Crippen molar-refractivity contribution in [1.29, 1.82) is 5.26 Å². The summed E-state index contributed by atoms with van der Waals surface area (Å²) < 4.78 is 10.5. The molecular formula is C19H17N3O5S. The lowest BCUT2D eigenvalue weighted by atomic mass is 10.2. The SMILES string of the molecule is CC1Oc2ccccc2N(CCC(=O)OCC(=O)Nc2sccc2C#N)C1=O. The second kappa shape index (κ2) is 8.54. The Balaban J connectivity index is 1.51. The van der Waals surface area contributed by atoms with Gasteiger partial charge < -0.3 is 19.7 Å². The molecule has 0 aliphatic carbocycles. The van der Waals surface area contributed by atoms with Gasteiger partial charge in [-0.1, -0.05) is 12.1 Å². The third-order valence-electron chi connectivity index (χ3n) is 4.02. The van der Waals surface area contributed by atoms with Crippen molar-refractivity contribution in [1.82, 2.24) is 0 Å². The van der Waals surface area contributed by atoms with Crippen molar-refractivity contribution in [3.63, 3.8) is 0 Å². The van der Waals surface area contributed by atoms with Gasteiger partial charge in [-0.05, 0) is 30.5 Å². The Bertz CT molecular complexity index is 949. The fourth-order valence-corrected chi connectivity index (χ4v) is 3.42. The Morgan fingerprint density at radius 1 is 1.36 bits per heavy atom. The zero-order valence-electron chi connectivity index (χ0n) is 15.0. The van der Waals surface area contributed by atoms with Crippen LogP contribution in [0.4, 0.5) is 10.7 Å². The topological polar surface area (TPSA) is 109 Å². The number of benzene rings is 1. The van der Waals surface area contributed by atoms with E-state index in [9.17, 15) is 14.4 Å². The van der Waals surface area contributed by atoms with Crippen LogP contribution in [0.1, 0.15) is 18.9 Å². The van der Waals surface area contributed by atoms with Crippen molar-refractivity contribution < 1.29 is 23.9 Å². The number of nitrogens with one attached hydrogen (secondary N) is 1. The number of anilines is 2. The van der Waals surface area contributed by atoms with Crippen LogP contribution in [0.15, 0.2) is 35.7 Å². The Morgan fingerprint density at radius 2 is 2.14 bits per heavy atom. The lowest BCUT2D eigenvalue weighted by molar-refractivity contribution is -0.147. The molecule has 1 aliphatic rings. The van der Waals surface area contributed by atoms with E-state index in [0.29, 0.717) is 22.0 Å². The summed E-state index contributed by atoms with van der Waals surface area (Å²) in [7, 11) is 0. The smallest absolute Gasteiger partial charge is 0.308 e. The van der Waals surface area contributed by atoms with Gasteiger partial charge in [-0.25, -0.2) is 0 Å². The fraction of sp³-hybridized carbons (Fsp3) is 0.263. The van der Waals surface area contributed by atoms with E-state index in [-0.39, 0.29) is 18.9 Å². The lowest BCUT2D eigenvalue weighted by Gasteiger charge is -2.32. The first-order valence-electron chi connectivity index (χ1n) is 8.49. The van der Waals surface area contributed by atoms with E-state index in [1.807, 2.05) is 6.07 Å². The lowest BCUT2D eigenvalue weighted by Crippen LogP contribution is -2.45. The number of rotatable bonds is 6. The van der Waals surface area contributed by atoms with Crippen LogP contribution < -0.4 is 15.0 Å².